The average Bonchev–Trinajstić information content (AvgIpc) is 2.41. The van der Waals surface area contributed by atoms with Gasteiger partial charge in [-0.3, -0.25) is 0 Å². The molecule has 0 spiro atoms. The lowest BCUT2D eigenvalue weighted by Crippen LogP contribution is -2.09. The Kier molecular flexibility index (Phi) is 3.09. The maximum Gasteiger partial charge on any atom is 0.360 e. The molecule has 6 heteroatoms. The second kappa shape index (κ2) is 4.70. The van der Waals surface area contributed by atoms with E-state index in [1.54, 1.807) is 24.3 Å². The topological polar surface area (TPSA) is 98.3 Å². The Morgan fingerprint density at radius 3 is 2.56 bits per heavy atom. The number of aromatic hydroxyl groups is 1. The number of rotatable bonds is 2. The van der Waals surface area contributed by atoms with E-state index in [0.29, 0.717) is 5.56 Å². The highest BCUT2D eigenvalue weighted by Gasteiger charge is 2.19. The number of benzene rings is 1. The van der Waals surface area contributed by atoms with Gasteiger partial charge in [-0.1, -0.05) is 30.3 Å². The minimum Gasteiger partial charge on any atom is -0.503 e. The van der Waals surface area contributed by atoms with Gasteiger partial charge in [-0.25, -0.2) is 14.8 Å². The van der Waals surface area contributed by atoms with E-state index in [1.807, 2.05) is 6.07 Å². The maximum atomic E-state index is 11.4. The lowest BCUT2D eigenvalue weighted by molar-refractivity contribution is 0.0590. The van der Waals surface area contributed by atoms with Gasteiger partial charge >= 0.3 is 5.97 Å². The summed E-state index contributed by atoms with van der Waals surface area (Å²) in [6.07, 6.45) is 0. The molecular weight excluding hydrogens is 234 g/mol. The molecule has 0 radical (unpaired) electrons. The van der Waals surface area contributed by atoms with Gasteiger partial charge in [0.05, 0.1) is 7.11 Å². The number of esters is 1. The van der Waals surface area contributed by atoms with Gasteiger partial charge < -0.3 is 15.6 Å². The molecule has 0 atom stereocenters. The third-order valence-corrected chi connectivity index (χ3v) is 2.32. The fourth-order valence-corrected chi connectivity index (χ4v) is 1.43. The molecule has 0 unspecified atom stereocenters. The quantitative estimate of drug-likeness (QED) is 0.772. The number of hydrogen-bond donors (Lipinski definition) is 2. The first kappa shape index (κ1) is 11.8. The molecule has 0 aliphatic carbocycles. The van der Waals surface area contributed by atoms with Gasteiger partial charge in [0.25, 0.3) is 0 Å². The molecule has 0 aliphatic heterocycles. The molecule has 92 valence electrons. The average molecular weight is 245 g/mol. The summed E-state index contributed by atoms with van der Waals surface area (Å²) in [5, 5.41) is 9.62. The first-order valence-corrected chi connectivity index (χ1v) is 5.13. The van der Waals surface area contributed by atoms with Crippen LogP contribution in [0.2, 0.25) is 0 Å². The van der Waals surface area contributed by atoms with Gasteiger partial charge in [0.2, 0.25) is 0 Å². The normalized spacial score (nSPS) is 10.1. The lowest BCUT2D eigenvalue weighted by Gasteiger charge is -2.07. The van der Waals surface area contributed by atoms with Crippen LogP contribution in [-0.2, 0) is 4.74 Å². The molecule has 3 N–H and O–H groups in total. The van der Waals surface area contributed by atoms with E-state index >= 15 is 0 Å². The molecule has 1 heterocycles. The van der Waals surface area contributed by atoms with Crippen molar-refractivity contribution >= 4 is 11.8 Å². The van der Waals surface area contributed by atoms with Crippen LogP contribution in [0.1, 0.15) is 10.5 Å². The van der Waals surface area contributed by atoms with Gasteiger partial charge in [0.1, 0.15) is 0 Å². The number of carbonyl (C=O) groups excluding carboxylic acids is 1. The van der Waals surface area contributed by atoms with Crippen molar-refractivity contribution in [2.75, 3.05) is 12.8 Å². The van der Waals surface area contributed by atoms with E-state index < -0.39 is 11.7 Å². The Morgan fingerprint density at radius 2 is 1.94 bits per heavy atom. The summed E-state index contributed by atoms with van der Waals surface area (Å²) in [6.45, 7) is 0. The van der Waals surface area contributed by atoms with Crippen molar-refractivity contribution in [2.24, 2.45) is 0 Å². The highest BCUT2D eigenvalue weighted by atomic mass is 16.5. The first-order valence-electron chi connectivity index (χ1n) is 5.13. The summed E-state index contributed by atoms with van der Waals surface area (Å²) in [7, 11) is 1.20. The molecule has 0 aliphatic rings. The van der Waals surface area contributed by atoms with E-state index in [-0.39, 0.29) is 17.3 Å². The Balaban J connectivity index is 2.58. The molecule has 0 saturated heterocycles. The van der Waals surface area contributed by atoms with E-state index in [9.17, 15) is 9.90 Å². The summed E-state index contributed by atoms with van der Waals surface area (Å²) in [4.78, 5) is 19.3. The van der Waals surface area contributed by atoms with Crippen molar-refractivity contribution in [1.82, 2.24) is 9.97 Å². The number of aromatic nitrogens is 2. The summed E-state index contributed by atoms with van der Waals surface area (Å²) >= 11 is 0. The van der Waals surface area contributed by atoms with E-state index in [2.05, 4.69) is 14.7 Å². The number of carbonyl (C=O) groups is 1. The monoisotopic (exact) mass is 245 g/mol. The summed E-state index contributed by atoms with van der Waals surface area (Å²) in [6, 6.07) is 8.99. The second-order valence-corrected chi connectivity index (χ2v) is 3.49. The lowest BCUT2D eigenvalue weighted by atomic mass is 10.2. The fourth-order valence-electron chi connectivity index (χ4n) is 1.43. The summed E-state index contributed by atoms with van der Waals surface area (Å²) in [5.41, 5.74) is 5.99. The van der Waals surface area contributed by atoms with Gasteiger partial charge in [-0.2, -0.15) is 0 Å². The van der Waals surface area contributed by atoms with Crippen LogP contribution in [0.5, 0.6) is 5.75 Å². The van der Waals surface area contributed by atoms with Crippen LogP contribution >= 0.6 is 0 Å². The standard InChI is InChI=1S/C12H11N3O3/c1-18-12(17)8-9(16)10(13)15-11(14-8)7-5-3-2-4-6-7/h2-6,16H,1H3,(H2,13,14,15). The predicted octanol–water partition coefficient (Wildman–Crippen LogP) is 1.22. The molecule has 2 aromatic rings. The number of nitrogens with zero attached hydrogens (tertiary/aromatic N) is 2. The van der Waals surface area contributed by atoms with Gasteiger partial charge in [0, 0.05) is 5.56 Å². The molecule has 0 bridgehead atoms. The molecule has 1 aromatic heterocycles. The van der Waals surface area contributed by atoms with Crippen LogP contribution in [0.4, 0.5) is 5.82 Å². The molecular formula is C12H11N3O3. The molecule has 0 fully saturated rings. The number of ether oxygens (including phenoxy) is 1. The first-order chi connectivity index (χ1) is 8.63. The van der Waals surface area contributed by atoms with Crippen molar-refractivity contribution in [2.45, 2.75) is 0 Å². The number of nitrogens with two attached hydrogens (primary N) is 1. The highest BCUT2D eigenvalue weighted by molar-refractivity contribution is 5.92. The Labute approximate surface area is 103 Å². The van der Waals surface area contributed by atoms with Crippen LogP contribution < -0.4 is 5.73 Å². The van der Waals surface area contributed by atoms with Crippen molar-refractivity contribution in [3.8, 4) is 17.1 Å². The molecule has 0 amide bonds. The Morgan fingerprint density at radius 1 is 1.28 bits per heavy atom. The zero-order valence-corrected chi connectivity index (χ0v) is 9.62. The van der Waals surface area contributed by atoms with Crippen molar-refractivity contribution in [3.05, 3.63) is 36.0 Å². The number of hydrogen-bond acceptors (Lipinski definition) is 6. The largest absolute Gasteiger partial charge is 0.503 e. The third kappa shape index (κ3) is 2.08. The maximum absolute atomic E-state index is 11.4. The van der Waals surface area contributed by atoms with Crippen LogP contribution in [0.15, 0.2) is 30.3 Å². The smallest absolute Gasteiger partial charge is 0.360 e. The van der Waals surface area contributed by atoms with Gasteiger partial charge in [0.15, 0.2) is 23.1 Å². The Bertz CT molecular complexity index is 585. The summed E-state index contributed by atoms with van der Waals surface area (Å²) in [5.74, 6) is -1.14. The van der Waals surface area contributed by atoms with E-state index in [1.165, 1.54) is 7.11 Å². The highest BCUT2D eigenvalue weighted by Crippen LogP contribution is 2.25. The van der Waals surface area contributed by atoms with Crippen LogP contribution in [0, 0.1) is 0 Å². The zero-order chi connectivity index (χ0) is 13.1. The van der Waals surface area contributed by atoms with E-state index in [4.69, 9.17) is 5.73 Å². The Hall–Kier alpha value is -2.63. The van der Waals surface area contributed by atoms with Gasteiger partial charge in [-0.05, 0) is 0 Å². The number of anilines is 1. The van der Waals surface area contributed by atoms with Crippen molar-refractivity contribution < 1.29 is 14.6 Å². The molecule has 1 aromatic carbocycles. The molecule has 18 heavy (non-hydrogen) atoms. The predicted molar refractivity (Wildman–Crippen MR) is 64.9 cm³/mol. The third-order valence-electron chi connectivity index (χ3n) is 2.32. The SMILES string of the molecule is COC(=O)c1nc(-c2ccccc2)nc(N)c1O. The molecule has 0 saturated carbocycles. The van der Waals surface area contributed by atoms with Crippen molar-refractivity contribution in [3.63, 3.8) is 0 Å². The molecule has 6 nitrogen and oxygen atoms in total. The number of nitrogen functional groups attached to an aromatic ring is 1. The van der Waals surface area contributed by atoms with Gasteiger partial charge in [-0.15, -0.1) is 0 Å². The molecule has 2 rings (SSSR count). The van der Waals surface area contributed by atoms with Crippen LogP contribution in [-0.4, -0.2) is 28.2 Å². The van der Waals surface area contributed by atoms with Crippen LogP contribution in [0.3, 0.4) is 0 Å². The van der Waals surface area contributed by atoms with Crippen LogP contribution in [0.25, 0.3) is 11.4 Å². The minimum absolute atomic E-state index is 0.163. The minimum atomic E-state index is -0.765. The summed E-state index contributed by atoms with van der Waals surface area (Å²) < 4.78 is 4.52. The van der Waals surface area contributed by atoms with E-state index in [0.717, 1.165) is 0 Å². The number of methoxy groups -OCH3 is 1. The zero-order valence-electron chi connectivity index (χ0n) is 9.62. The second-order valence-electron chi connectivity index (χ2n) is 3.49. The van der Waals surface area contributed by atoms with Crippen molar-refractivity contribution in [1.29, 1.82) is 0 Å². The fraction of sp³-hybridized carbons (Fsp3) is 0.0833.